The fourth-order valence-electron chi connectivity index (χ4n) is 5.12. The van der Waals surface area contributed by atoms with Gasteiger partial charge in [0.15, 0.2) is 0 Å². The standard InChI is InChI=1S/C28H28N4O4S/c33-26(29-23-10-5-7-19-6-1-2-8-21(19)23)12-13-27(34)31-16-14-20(15-17-31)28-30-24(18-37-28)22-9-3-4-11-25(22)32(35)36/h3-5,7,9-13,18,20H,1-2,6,8,14-17H2,(H,29,33). The third-order valence-corrected chi connectivity index (χ3v) is 8.09. The molecule has 8 nitrogen and oxygen atoms in total. The molecule has 0 radical (unpaired) electrons. The van der Waals surface area contributed by atoms with Crippen molar-refractivity contribution in [1.82, 2.24) is 9.88 Å². The molecule has 37 heavy (non-hydrogen) atoms. The van der Waals surface area contributed by atoms with Gasteiger partial charge in [0.2, 0.25) is 11.8 Å². The highest BCUT2D eigenvalue weighted by Crippen LogP contribution is 2.35. The summed E-state index contributed by atoms with van der Waals surface area (Å²) in [5.74, 6) is -0.280. The van der Waals surface area contributed by atoms with Crippen LogP contribution in [0.2, 0.25) is 0 Å². The maximum absolute atomic E-state index is 12.7. The number of aryl methyl sites for hydroxylation is 1. The van der Waals surface area contributed by atoms with Crippen LogP contribution in [-0.2, 0) is 22.4 Å². The van der Waals surface area contributed by atoms with Gasteiger partial charge in [-0.15, -0.1) is 11.3 Å². The van der Waals surface area contributed by atoms with Crippen molar-refractivity contribution in [2.75, 3.05) is 18.4 Å². The number of nitro groups is 1. The number of hydrogen-bond acceptors (Lipinski definition) is 6. The van der Waals surface area contributed by atoms with Crippen molar-refractivity contribution in [2.24, 2.45) is 0 Å². The molecule has 1 saturated heterocycles. The molecule has 1 aromatic heterocycles. The Bertz CT molecular complexity index is 1360. The molecule has 0 atom stereocenters. The summed E-state index contributed by atoms with van der Waals surface area (Å²) in [6, 6.07) is 12.6. The Morgan fingerprint density at radius 2 is 1.84 bits per heavy atom. The number of fused-ring (bicyclic) bond motifs is 1. The molecule has 3 aromatic rings. The lowest BCUT2D eigenvalue weighted by atomic mass is 9.90. The van der Waals surface area contributed by atoms with Crippen molar-refractivity contribution < 1.29 is 14.5 Å². The van der Waals surface area contributed by atoms with E-state index in [1.165, 1.54) is 47.1 Å². The summed E-state index contributed by atoms with van der Waals surface area (Å²) in [7, 11) is 0. The Kier molecular flexibility index (Phi) is 7.41. The van der Waals surface area contributed by atoms with Crippen LogP contribution < -0.4 is 5.32 Å². The largest absolute Gasteiger partial charge is 0.339 e. The zero-order valence-corrected chi connectivity index (χ0v) is 21.2. The van der Waals surface area contributed by atoms with Crippen LogP contribution in [0, 0.1) is 10.1 Å². The summed E-state index contributed by atoms with van der Waals surface area (Å²) >= 11 is 1.50. The van der Waals surface area contributed by atoms with Crippen LogP contribution in [0.25, 0.3) is 11.3 Å². The molecule has 2 amide bonds. The lowest BCUT2D eigenvalue weighted by Crippen LogP contribution is -2.37. The van der Waals surface area contributed by atoms with Gasteiger partial charge in [0.1, 0.15) is 0 Å². The molecule has 9 heteroatoms. The van der Waals surface area contributed by atoms with Crippen molar-refractivity contribution in [3.8, 4) is 11.3 Å². The number of nitrogens with zero attached hydrogens (tertiary/aromatic N) is 3. The highest BCUT2D eigenvalue weighted by atomic mass is 32.1. The predicted octanol–water partition coefficient (Wildman–Crippen LogP) is 5.50. The number of carbonyl (C=O) groups is 2. The highest BCUT2D eigenvalue weighted by Gasteiger charge is 2.26. The fraction of sp³-hybridized carbons (Fsp3) is 0.321. The van der Waals surface area contributed by atoms with E-state index >= 15 is 0 Å². The number of thiazole rings is 1. The molecule has 1 N–H and O–H groups in total. The molecule has 190 valence electrons. The zero-order chi connectivity index (χ0) is 25.8. The lowest BCUT2D eigenvalue weighted by Gasteiger charge is -2.30. The van der Waals surface area contributed by atoms with E-state index in [1.807, 2.05) is 17.5 Å². The maximum Gasteiger partial charge on any atom is 0.278 e. The van der Waals surface area contributed by atoms with Gasteiger partial charge in [-0.3, -0.25) is 19.7 Å². The van der Waals surface area contributed by atoms with E-state index in [1.54, 1.807) is 23.1 Å². The number of para-hydroxylation sites is 1. The molecule has 1 aliphatic heterocycles. The van der Waals surface area contributed by atoms with Crippen molar-refractivity contribution in [2.45, 2.75) is 44.4 Å². The Morgan fingerprint density at radius 3 is 2.65 bits per heavy atom. The van der Waals surface area contributed by atoms with E-state index in [4.69, 9.17) is 4.98 Å². The van der Waals surface area contributed by atoms with Crippen LogP contribution in [0.4, 0.5) is 11.4 Å². The average Bonchev–Trinajstić information content (AvgIpc) is 3.42. The number of carbonyl (C=O) groups excluding carboxylic acids is 2. The minimum atomic E-state index is -0.389. The molecule has 5 rings (SSSR count). The minimum absolute atomic E-state index is 0.0442. The summed E-state index contributed by atoms with van der Waals surface area (Å²) in [5, 5.41) is 17.1. The molecule has 0 bridgehead atoms. The highest BCUT2D eigenvalue weighted by molar-refractivity contribution is 7.10. The smallest absolute Gasteiger partial charge is 0.278 e. The van der Waals surface area contributed by atoms with Gasteiger partial charge >= 0.3 is 0 Å². The van der Waals surface area contributed by atoms with Gasteiger partial charge in [-0.05, 0) is 61.8 Å². The topological polar surface area (TPSA) is 105 Å². The number of anilines is 1. The first kappa shape index (κ1) is 24.8. The van der Waals surface area contributed by atoms with Crippen molar-refractivity contribution in [1.29, 1.82) is 0 Å². The number of nitrogens with one attached hydrogen (secondary N) is 1. The monoisotopic (exact) mass is 516 g/mol. The zero-order valence-electron chi connectivity index (χ0n) is 20.4. The lowest BCUT2D eigenvalue weighted by molar-refractivity contribution is -0.384. The second-order valence-corrected chi connectivity index (χ2v) is 10.3. The first-order valence-electron chi connectivity index (χ1n) is 12.6. The summed E-state index contributed by atoms with van der Waals surface area (Å²) in [6.45, 7) is 1.14. The average molecular weight is 517 g/mol. The number of benzene rings is 2. The number of likely N-dealkylation sites (tertiary alicyclic amines) is 1. The van der Waals surface area contributed by atoms with Gasteiger partial charge < -0.3 is 10.2 Å². The van der Waals surface area contributed by atoms with Crippen LogP contribution in [0.5, 0.6) is 0 Å². The Morgan fingerprint density at radius 1 is 1.05 bits per heavy atom. The van der Waals surface area contributed by atoms with E-state index in [2.05, 4.69) is 11.4 Å². The number of hydrogen-bond donors (Lipinski definition) is 1. The van der Waals surface area contributed by atoms with Crippen LogP contribution in [0.3, 0.4) is 0 Å². The van der Waals surface area contributed by atoms with E-state index in [0.29, 0.717) is 24.3 Å². The molecular formula is C28H28N4O4S. The summed E-state index contributed by atoms with van der Waals surface area (Å²) in [5.41, 5.74) is 4.51. The molecule has 2 heterocycles. The van der Waals surface area contributed by atoms with E-state index in [0.717, 1.165) is 42.8 Å². The Balaban J connectivity index is 1.16. The van der Waals surface area contributed by atoms with Gasteiger partial charge in [0.25, 0.3) is 5.69 Å². The second-order valence-electron chi connectivity index (χ2n) is 9.42. The molecule has 0 spiro atoms. The van der Waals surface area contributed by atoms with Gasteiger partial charge in [-0.1, -0.05) is 24.3 Å². The van der Waals surface area contributed by atoms with Gasteiger partial charge in [0.05, 0.1) is 21.2 Å². The predicted molar refractivity (Wildman–Crippen MR) is 144 cm³/mol. The number of amides is 2. The first-order valence-corrected chi connectivity index (χ1v) is 13.5. The van der Waals surface area contributed by atoms with Gasteiger partial charge in [-0.25, -0.2) is 4.98 Å². The summed E-state index contributed by atoms with van der Waals surface area (Å²) < 4.78 is 0. The fourth-order valence-corrected chi connectivity index (χ4v) is 6.11. The molecule has 0 saturated carbocycles. The Hall–Kier alpha value is -3.85. The maximum atomic E-state index is 12.7. The third kappa shape index (κ3) is 5.61. The first-order chi connectivity index (χ1) is 18.0. The summed E-state index contributed by atoms with van der Waals surface area (Å²) in [4.78, 5) is 42.6. The minimum Gasteiger partial charge on any atom is -0.339 e. The summed E-state index contributed by atoms with van der Waals surface area (Å²) in [6.07, 6.45) is 8.48. The number of piperidine rings is 1. The number of rotatable bonds is 6. The van der Waals surface area contributed by atoms with Crippen LogP contribution in [0.1, 0.15) is 47.7 Å². The Labute approximate surface area is 219 Å². The van der Waals surface area contributed by atoms with Crippen LogP contribution in [0.15, 0.2) is 60.0 Å². The molecule has 2 aromatic carbocycles. The molecule has 1 fully saturated rings. The second kappa shape index (κ2) is 11.0. The number of aromatic nitrogens is 1. The SMILES string of the molecule is O=C(C=CC(=O)N1CCC(c2nc(-c3ccccc3[N+](=O)[O-])cs2)CC1)Nc1cccc2c1CCCC2. The van der Waals surface area contributed by atoms with Crippen molar-refractivity contribution in [3.63, 3.8) is 0 Å². The van der Waals surface area contributed by atoms with E-state index < -0.39 is 0 Å². The van der Waals surface area contributed by atoms with Crippen LogP contribution >= 0.6 is 11.3 Å². The molecule has 2 aliphatic rings. The van der Waals surface area contributed by atoms with Crippen molar-refractivity contribution >= 4 is 34.5 Å². The van der Waals surface area contributed by atoms with E-state index in [-0.39, 0.29) is 28.3 Å². The quantitative estimate of drug-likeness (QED) is 0.265. The van der Waals surface area contributed by atoms with E-state index in [9.17, 15) is 19.7 Å². The van der Waals surface area contributed by atoms with Crippen LogP contribution in [-0.4, -0.2) is 39.7 Å². The van der Waals surface area contributed by atoms with Gasteiger partial charge in [-0.2, -0.15) is 0 Å². The third-order valence-electron chi connectivity index (χ3n) is 7.09. The molecule has 1 aliphatic carbocycles. The van der Waals surface area contributed by atoms with Gasteiger partial charge in [0, 0.05) is 48.3 Å². The van der Waals surface area contributed by atoms with Crippen molar-refractivity contribution in [3.05, 3.63) is 86.2 Å². The molecule has 0 unspecified atom stereocenters. The molecular weight excluding hydrogens is 488 g/mol. The normalized spacial score (nSPS) is 15.9. The number of nitro benzene ring substituents is 1.